The fraction of sp³-hybridized carbons (Fsp3) is 0.231. The second-order valence-electron chi connectivity index (χ2n) is 4.30. The van der Waals surface area contributed by atoms with Crippen LogP contribution in [0.25, 0.3) is 0 Å². The van der Waals surface area contributed by atoms with E-state index in [-0.39, 0.29) is 11.4 Å². The maximum atomic E-state index is 12.6. The summed E-state index contributed by atoms with van der Waals surface area (Å²) in [6.45, 7) is 0. The van der Waals surface area contributed by atoms with Gasteiger partial charge in [-0.3, -0.25) is 4.68 Å². The summed E-state index contributed by atoms with van der Waals surface area (Å²) in [5.74, 6) is 0. The van der Waals surface area contributed by atoms with Gasteiger partial charge in [-0.2, -0.15) is 18.3 Å². The third-order valence-corrected chi connectivity index (χ3v) is 2.99. The van der Waals surface area contributed by atoms with Crippen molar-refractivity contribution in [3.8, 4) is 0 Å². The van der Waals surface area contributed by atoms with Gasteiger partial charge in [0.15, 0.2) is 0 Å². The summed E-state index contributed by atoms with van der Waals surface area (Å²) in [5.41, 5.74) is 5.54. The van der Waals surface area contributed by atoms with Crippen molar-refractivity contribution in [2.75, 3.05) is 0 Å². The lowest BCUT2D eigenvalue weighted by Gasteiger charge is -2.17. The zero-order chi connectivity index (χ0) is 14.8. The van der Waals surface area contributed by atoms with Crippen molar-refractivity contribution in [3.63, 3.8) is 0 Å². The van der Waals surface area contributed by atoms with Gasteiger partial charge >= 0.3 is 6.18 Å². The third kappa shape index (κ3) is 3.36. The van der Waals surface area contributed by atoms with E-state index in [1.54, 1.807) is 24.3 Å². The zero-order valence-electron chi connectivity index (χ0n) is 10.3. The smallest absolute Gasteiger partial charge is 0.393 e. The molecule has 2 aromatic rings. The maximum absolute atomic E-state index is 12.6. The van der Waals surface area contributed by atoms with E-state index in [0.29, 0.717) is 0 Å². The van der Waals surface area contributed by atoms with Gasteiger partial charge in [0.25, 0.3) is 0 Å². The van der Waals surface area contributed by atoms with Crippen LogP contribution in [0.1, 0.15) is 23.6 Å². The number of hydrogen-bond donors (Lipinski definition) is 1. The van der Waals surface area contributed by atoms with Crippen LogP contribution in [0.4, 0.5) is 13.2 Å². The van der Waals surface area contributed by atoms with Crippen LogP contribution in [0.15, 0.2) is 42.7 Å². The topological polar surface area (TPSA) is 43.8 Å². The lowest BCUT2D eigenvalue weighted by Crippen LogP contribution is -2.19. The minimum Gasteiger partial charge on any atom is -0.393 e. The Kier molecular flexibility index (Phi) is 4.08. The van der Waals surface area contributed by atoms with E-state index < -0.39 is 17.8 Å². The molecule has 106 valence electrons. The second-order valence-corrected chi connectivity index (χ2v) is 4.83. The molecule has 0 spiro atoms. The first-order chi connectivity index (χ1) is 9.38. The molecule has 0 aliphatic rings. The molecule has 0 aliphatic carbocycles. The highest BCUT2D eigenvalue weighted by molar-refractivity contribution is 7.80. The Balaban J connectivity index is 2.37. The zero-order valence-corrected chi connectivity index (χ0v) is 11.2. The molecule has 20 heavy (non-hydrogen) atoms. The van der Waals surface area contributed by atoms with Crippen LogP contribution in [0.3, 0.4) is 0 Å². The highest BCUT2D eigenvalue weighted by atomic mass is 32.1. The van der Waals surface area contributed by atoms with E-state index in [2.05, 4.69) is 5.10 Å². The van der Waals surface area contributed by atoms with Crippen LogP contribution in [-0.2, 0) is 6.18 Å². The molecule has 0 bridgehead atoms. The van der Waals surface area contributed by atoms with Crippen molar-refractivity contribution in [1.82, 2.24) is 9.78 Å². The Labute approximate surface area is 119 Å². The number of aromatic nitrogens is 2. The van der Waals surface area contributed by atoms with Crippen LogP contribution in [0, 0.1) is 0 Å². The molecular weight excluding hydrogens is 287 g/mol. The van der Waals surface area contributed by atoms with Gasteiger partial charge in [0.05, 0.1) is 22.8 Å². The Hall–Kier alpha value is -1.89. The van der Waals surface area contributed by atoms with Crippen LogP contribution in [0.5, 0.6) is 0 Å². The normalized spacial score (nSPS) is 13.2. The van der Waals surface area contributed by atoms with Crippen LogP contribution in [0.2, 0.25) is 0 Å². The number of benzene rings is 1. The van der Waals surface area contributed by atoms with Crippen molar-refractivity contribution in [2.45, 2.75) is 18.6 Å². The number of halogens is 3. The molecular formula is C13H12F3N3S. The first-order valence-corrected chi connectivity index (χ1v) is 6.23. The summed E-state index contributed by atoms with van der Waals surface area (Å²) in [6, 6.07) is 8.60. The monoisotopic (exact) mass is 299 g/mol. The summed E-state index contributed by atoms with van der Waals surface area (Å²) < 4.78 is 39.1. The molecule has 1 atom stereocenters. The van der Waals surface area contributed by atoms with Gasteiger partial charge in [0.2, 0.25) is 0 Å². The van der Waals surface area contributed by atoms with Crippen molar-refractivity contribution < 1.29 is 13.2 Å². The quantitative estimate of drug-likeness (QED) is 0.882. The van der Waals surface area contributed by atoms with E-state index in [1.165, 1.54) is 4.68 Å². The SMILES string of the molecule is NC(=S)CC(c1ccccc1)n1cc(C(F)(F)F)cn1. The third-order valence-electron chi connectivity index (χ3n) is 2.83. The Bertz CT molecular complexity index is 592. The molecule has 2 rings (SSSR count). The summed E-state index contributed by atoms with van der Waals surface area (Å²) in [5, 5.41) is 3.79. The Morgan fingerprint density at radius 2 is 1.95 bits per heavy atom. The van der Waals surface area contributed by atoms with Crippen LogP contribution < -0.4 is 5.73 Å². The van der Waals surface area contributed by atoms with Gasteiger partial charge < -0.3 is 5.73 Å². The first-order valence-electron chi connectivity index (χ1n) is 5.82. The highest BCUT2D eigenvalue weighted by Crippen LogP contribution is 2.30. The number of nitrogens with two attached hydrogens (primary N) is 1. The Morgan fingerprint density at radius 1 is 1.30 bits per heavy atom. The van der Waals surface area contributed by atoms with Gasteiger partial charge in [-0.25, -0.2) is 0 Å². The van der Waals surface area contributed by atoms with Gasteiger partial charge in [-0.1, -0.05) is 42.5 Å². The van der Waals surface area contributed by atoms with Gasteiger partial charge in [-0.05, 0) is 5.56 Å². The van der Waals surface area contributed by atoms with Crippen molar-refractivity contribution in [2.24, 2.45) is 5.73 Å². The van der Waals surface area contributed by atoms with E-state index >= 15 is 0 Å². The molecule has 0 saturated heterocycles. The summed E-state index contributed by atoms with van der Waals surface area (Å²) in [7, 11) is 0. The number of nitrogens with zero attached hydrogens (tertiary/aromatic N) is 2. The number of thiocarbonyl (C=S) groups is 1. The summed E-state index contributed by atoms with van der Waals surface area (Å²) in [6.07, 6.45) is -2.40. The summed E-state index contributed by atoms with van der Waals surface area (Å²) >= 11 is 4.87. The average Bonchev–Trinajstić information content (AvgIpc) is 2.86. The van der Waals surface area contributed by atoms with Crippen molar-refractivity contribution in [1.29, 1.82) is 0 Å². The van der Waals surface area contributed by atoms with E-state index in [0.717, 1.165) is 18.0 Å². The molecule has 0 radical (unpaired) electrons. The second kappa shape index (κ2) is 5.62. The fourth-order valence-corrected chi connectivity index (χ4v) is 2.04. The van der Waals surface area contributed by atoms with E-state index in [1.807, 2.05) is 6.07 Å². The maximum Gasteiger partial charge on any atom is 0.419 e. The standard InChI is InChI=1S/C13H12F3N3S/c14-13(15,16)10-7-18-19(8-10)11(6-12(17)20)9-4-2-1-3-5-9/h1-5,7-8,11H,6H2,(H2,17,20). The molecule has 1 aromatic carbocycles. The van der Waals surface area contributed by atoms with Gasteiger partial charge in [0.1, 0.15) is 0 Å². The minimum absolute atomic E-state index is 0.225. The number of rotatable bonds is 4. The van der Waals surface area contributed by atoms with E-state index in [4.69, 9.17) is 18.0 Å². The van der Waals surface area contributed by atoms with Crippen molar-refractivity contribution in [3.05, 3.63) is 53.9 Å². The minimum atomic E-state index is -4.41. The molecule has 1 heterocycles. The Morgan fingerprint density at radius 3 is 2.45 bits per heavy atom. The first kappa shape index (κ1) is 14.5. The van der Waals surface area contributed by atoms with E-state index in [9.17, 15) is 13.2 Å². The van der Waals surface area contributed by atoms with Gasteiger partial charge in [-0.15, -0.1) is 0 Å². The molecule has 3 nitrogen and oxygen atoms in total. The van der Waals surface area contributed by atoms with Gasteiger partial charge in [0, 0.05) is 12.6 Å². The number of hydrogen-bond acceptors (Lipinski definition) is 2. The fourth-order valence-electron chi connectivity index (χ4n) is 1.88. The molecule has 0 fully saturated rings. The molecule has 7 heteroatoms. The largest absolute Gasteiger partial charge is 0.419 e. The predicted molar refractivity (Wildman–Crippen MR) is 73.2 cm³/mol. The number of alkyl halides is 3. The van der Waals surface area contributed by atoms with Crippen LogP contribution in [-0.4, -0.2) is 14.8 Å². The molecule has 0 amide bonds. The lowest BCUT2D eigenvalue weighted by atomic mass is 10.0. The summed E-state index contributed by atoms with van der Waals surface area (Å²) in [4.78, 5) is 0.225. The molecule has 1 unspecified atom stereocenters. The van der Waals surface area contributed by atoms with Crippen molar-refractivity contribution >= 4 is 17.2 Å². The predicted octanol–water partition coefficient (Wildman–Crippen LogP) is 3.17. The van der Waals surface area contributed by atoms with Crippen LogP contribution >= 0.6 is 12.2 Å². The average molecular weight is 299 g/mol. The highest BCUT2D eigenvalue weighted by Gasteiger charge is 2.33. The molecule has 0 aliphatic heterocycles. The lowest BCUT2D eigenvalue weighted by molar-refractivity contribution is -0.137. The molecule has 1 aromatic heterocycles. The molecule has 2 N–H and O–H groups in total. The molecule has 0 saturated carbocycles.